The number of allylic oxidation sites excluding steroid dienone is 1. The number of rotatable bonds is 11. The molecule has 1 fully saturated rings. The van der Waals surface area contributed by atoms with Crippen LogP contribution in [0.2, 0.25) is 10.0 Å². The standard InChI is InChI=1S/C32H34Cl2N6O3/c1-4-28(41)39-12-10-38(11-13-39)9-5-6-22-19-40-24-15-27(35-17-20-7-8-20)36-18-21(24)14-23(32(40)37-22)29-30(33)25(42-2)16-26(43-3)31(29)34/h4,7,14-16,18-19H,1,5-6,8-13,17H2,2-3H3,(H,35,36). The molecule has 4 aromatic rings. The van der Waals surface area contributed by atoms with Gasteiger partial charge in [0.2, 0.25) is 5.91 Å². The first-order chi connectivity index (χ1) is 20.9. The first-order valence-electron chi connectivity index (χ1n) is 14.4. The second-order valence-electron chi connectivity index (χ2n) is 10.8. The highest BCUT2D eigenvalue weighted by molar-refractivity contribution is 6.41. The highest BCUT2D eigenvalue weighted by Crippen LogP contribution is 2.47. The van der Waals surface area contributed by atoms with E-state index in [1.807, 2.05) is 17.2 Å². The number of hydrogen-bond acceptors (Lipinski definition) is 7. The lowest BCUT2D eigenvalue weighted by molar-refractivity contribution is -0.127. The van der Waals surface area contributed by atoms with E-state index in [0.29, 0.717) is 27.1 Å². The van der Waals surface area contributed by atoms with Crippen LogP contribution in [0.1, 0.15) is 18.5 Å². The number of nitrogens with one attached hydrogen (secondary N) is 1. The molecule has 1 saturated heterocycles. The van der Waals surface area contributed by atoms with Crippen LogP contribution in [0.15, 0.2) is 54.9 Å². The summed E-state index contributed by atoms with van der Waals surface area (Å²) in [6.45, 7) is 8.48. The molecular formula is C32H34Cl2N6O3. The molecule has 9 nitrogen and oxygen atoms in total. The number of ether oxygens (including phenoxy) is 2. The summed E-state index contributed by atoms with van der Waals surface area (Å²) >= 11 is 13.8. The van der Waals surface area contributed by atoms with Crippen molar-refractivity contribution in [3.05, 3.63) is 70.6 Å². The number of methoxy groups -OCH3 is 2. The van der Waals surface area contributed by atoms with Crippen molar-refractivity contribution in [1.82, 2.24) is 24.2 Å². The van der Waals surface area contributed by atoms with Gasteiger partial charge in [-0.2, -0.15) is 0 Å². The molecule has 224 valence electrons. The molecule has 0 unspecified atom stereocenters. The van der Waals surface area contributed by atoms with Gasteiger partial charge in [0.25, 0.3) is 0 Å². The van der Waals surface area contributed by atoms with E-state index in [2.05, 4.69) is 44.5 Å². The van der Waals surface area contributed by atoms with Gasteiger partial charge in [-0.25, -0.2) is 9.97 Å². The number of aryl methyl sites for hydroxylation is 1. The maximum atomic E-state index is 11.9. The van der Waals surface area contributed by atoms with E-state index in [0.717, 1.165) is 92.2 Å². The van der Waals surface area contributed by atoms with Crippen LogP contribution in [0.3, 0.4) is 0 Å². The van der Waals surface area contributed by atoms with Crippen molar-refractivity contribution in [3.8, 4) is 22.6 Å². The number of pyridine rings is 2. The van der Waals surface area contributed by atoms with Crippen LogP contribution in [-0.2, 0) is 11.2 Å². The summed E-state index contributed by atoms with van der Waals surface area (Å²) in [6.07, 6.45) is 10.3. The Balaban J connectivity index is 1.35. The fourth-order valence-electron chi connectivity index (χ4n) is 5.55. The van der Waals surface area contributed by atoms with E-state index >= 15 is 0 Å². The second kappa shape index (κ2) is 12.4. The molecule has 3 aromatic heterocycles. The molecule has 0 bridgehead atoms. The summed E-state index contributed by atoms with van der Waals surface area (Å²) < 4.78 is 13.2. The fraction of sp³-hybridized carbons (Fsp3) is 0.344. The molecule has 1 aromatic carbocycles. The van der Waals surface area contributed by atoms with Crippen LogP contribution >= 0.6 is 23.2 Å². The average Bonchev–Trinajstić information content (AvgIpc) is 3.76. The lowest BCUT2D eigenvalue weighted by Gasteiger charge is -2.34. The zero-order valence-electron chi connectivity index (χ0n) is 24.3. The number of halogens is 2. The molecule has 6 rings (SSSR count). The van der Waals surface area contributed by atoms with E-state index in [-0.39, 0.29) is 5.91 Å². The number of carbonyl (C=O) groups excluding carboxylic acids is 1. The largest absolute Gasteiger partial charge is 0.495 e. The Morgan fingerprint density at radius 1 is 1.09 bits per heavy atom. The number of nitrogens with zero attached hydrogens (tertiary/aromatic N) is 5. The predicted octanol–water partition coefficient (Wildman–Crippen LogP) is 5.88. The SMILES string of the molecule is C=CC(=O)N1CCN(CCCc2cn3c(n2)c(-c2c(Cl)c(OC)cc(OC)c2Cl)cc2cnc(NCC4=CC4)cc23)CC1. The molecule has 0 spiro atoms. The molecule has 0 saturated carbocycles. The molecule has 1 aliphatic carbocycles. The number of piperazine rings is 1. The minimum atomic E-state index is -0.000529. The maximum Gasteiger partial charge on any atom is 0.246 e. The number of imidazole rings is 1. The number of aromatic nitrogens is 3. The van der Waals surface area contributed by atoms with Crippen molar-refractivity contribution in [2.24, 2.45) is 0 Å². The van der Waals surface area contributed by atoms with Gasteiger partial charge in [0.15, 0.2) is 0 Å². The van der Waals surface area contributed by atoms with E-state index in [4.69, 9.17) is 37.7 Å². The highest BCUT2D eigenvalue weighted by atomic mass is 35.5. The molecule has 43 heavy (non-hydrogen) atoms. The topological polar surface area (TPSA) is 84.2 Å². The molecule has 0 atom stereocenters. The van der Waals surface area contributed by atoms with Crippen molar-refractivity contribution < 1.29 is 14.3 Å². The van der Waals surface area contributed by atoms with Crippen LogP contribution < -0.4 is 14.8 Å². The minimum absolute atomic E-state index is 0.000529. The summed E-state index contributed by atoms with van der Waals surface area (Å²) in [5.41, 5.74) is 5.42. The van der Waals surface area contributed by atoms with Crippen LogP contribution in [0.4, 0.5) is 5.82 Å². The number of hydrogen-bond donors (Lipinski definition) is 1. The third kappa shape index (κ3) is 6.02. The predicted molar refractivity (Wildman–Crippen MR) is 172 cm³/mol. The molecule has 11 heteroatoms. The van der Waals surface area contributed by atoms with Gasteiger partial charge in [0, 0.05) is 73.8 Å². The normalized spacial score (nSPS) is 15.1. The van der Waals surface area contributed by atoms with E-state index in [9.17, 15) is 4.79 Å². The lowest BCUT2D eigenvalue weighted by atomic mass is 10.0. The number of amides is 1. The summed E-state index contributed by atoms with van der Waals surface area (Å²) in [7, 11) is 3.13. The zero-order valence-corrected chi connectivity index (χ0v) is 25.8. The summed E-state index contributed by atoms with van der Waals surface area (Å²) in [4.78, 5) is 25.9. The summed E-state index contributed by atoms with van der Waals surface area (Å²) in [5, 5.41) is 5.12. The van der Waals surface area contributed by atoms with Crippen molar-refractivity contribution in [2.45, 2.75) is 19.3 Å². The Labute approximate surface area is 260 Å². The molecule has 2 aliphatic rings. The monoisotopic (exact) mass is 620 g/mol. The Bertz CT molecular complexity index is 1710. The van der Waals surface area contributed by atoms with E-state index < -0.39 is 0 Å². The first-order valence-corrected chi connectivity index (χ1v) is 15.1. The fourth-order valence-corrected chi connectivity index (χ4v) is 6.25. The van der Waals surface area contributed by atoms with Gasteiger partial charge in [-0.3, -0.25) is 14.1 Å². The van der Waals surface area contributed by atoms with Gasteiger partial charge >= 0.3 is 0 Å². The van der Waals surface area contributed by atoms with Gasteiger partial charge in [-0.15, -0.1) is 0 Å². The molecule has 0 radical (unpaired) electrons. The number of anilines is 1. The molecule has 1 aliphatic heterocycles. The number of carbonyl (C=O) groups is 1. The van der Waals surface area contributed by atoms with Gasteiger partial charge < -0.3 is 19.7 Å². The summed E-state index contributed by atoms with van der Waals surface area (Å²) in [5.74, 6) is 1.73. The third-order valence-corrected chi connectivity index (χ3v) is 8.82. The number of fused-ring (bicyclic) bond motifs is 3. The van der Waals surface area contributed by atoms with Crippen molar-refractivity contribution in [1.29, 1.82) is 0 Å². The van der Waals surface area contributed by atoms with Crippen molar-refractivity contribution in [3.63, 3.8) is 0 Å². The van der Waals surface area contributed by atoms with E-state index in [1.165, 1.54) is 11.6 Å². The number of benzene rings is 1. The van der Waals surface area contributed by atoms with Gasteiger partial charge in [-0.05, 0) is 37.9 Å². The Hall–Kier alpha value is -3.79. The van der Waals surface area contributed by atoms with Crippen molar-refractivity contribution in [2.75, 3.05) is 58.8 Å². The quantitative estimate of drug-likeness (QED) is 0.166. The zero-order chi connectivity index (χ0) is 30.1. The lowest BCUT2D eigenvalue weighted by Crippen LogP contribution is -2.48. The van der Waals surface area contributed by atoms with Gasteiger partial charge in [0.1, 0.15) is 23.0 Å². The summed E-state index contributed by atoms with van der Waals surface area (Å²) in [6, 6.07) is 5.77. The second-order valence-corrected chi connectivity index (χ2v) is 11.5. The smallest absolute Gasteiger partial charge is 0.246 e. The van der Waals surface area contributed by atoms with Gasteiger partial charge in [0.05, 0.1) is 35.5 Å². The molecular weight excluding hydrogens is 587 g/mol. The molecule has 1 amide bonds. The van der Waals surface area contributed by atoms with Crippen LogP contribution in [-0.4, -0.2) is 83.6 Å². The third-order valence-electron chi connectivity index (χ3n) is 8.07. The highest BCUT2D eigenvalue weighted by Gasteiger charge is 2.24. The maximum absolute atomic E-state index is 11.9. The van der Waals surface area contributed by atoms with E-state index in [1.54, 1.807) is 20.3 Å². The average molecular weight is 622 g/mol. The van der Waals surface area contributed by atoms with Crippen molar-refractivity contribution >= 4 is 51.5 Å². The minimum Gasteiger partial charge on any atom is -0.495 e. The Morgan fingerprint density at radius 3 is 2.47 bits per heavy atom. The first kappa shape index (κ1) is 29.3. The van der Waals surface area contributed by atoms with Crippen LogP contribution in [0, 0.1) is 0 Å². The Morgan fingerprint density at radius 2 is 1.81 bits per heavy atom. The van der Waals surface area contributed by atoms with Gasteiger partial charge in [-0.1, -0.05) is 41.4 Å². The molecule has 1 N–H and O–H groups in total. The molecule has 4 heterocycles. The Kier molecular flexibility index (Phi) is 8.47. The van der Waals surface area contributed by atoms with Crippen LogP contribution in [0.25, 0.3) is 27.7 Å². The van der Waals surface area contributed by atoms with Crippen LogP contribution in [0.5, 0.6) is 11.5 Å².